The number of rotatable bonds is 2. The van der Waals surface area contributed by atoms with E-state index >= 15 is 0 Å². The minimum absolute atomic E-state index is 0.181. The second-order valence-electron chi connectivity index (χ2n) is 1.21. The predicted octanol–water partition coefficient (Wildman–Crippen LogP) is -1.61. The molecule has 11 heavy (non-hydrogen) atoms. The third-order valence-electron chi connectivity index (χ3n) is 0.554. The van der Waals surface area contributed by atoms with Gasteiger partial charge in [-0.25, -0.2) is 10.4 Å². The molecule has 0 unspecified atom stereocenters. The van der Waals surface area contributed by atoms with Crippen LogP contribution in [0.4, 0.5) is 0 Å². The van der Waals surface area contributed by atoms with E-state index in [0.29, 0.717) is 0 Å². The molecule has 0 rings (SSSR count). The smallest absolute Gasteiger partial charge is 0.232 e. The molecule has 0 aliphatic heterocycles. The maximum absolute atomic E-state index is 7.96. The van der Waals surface area contributed by atoms with Crippen molar-refractivity contribution in [3.8, 4) is 12.4 Å². The van der Waals surface area contributed by atoms with Gasteiger partial charge in [-0.3, -0.25) is 5.43 Å². The molecule has 0 saturated carbocycles. The first kappa shape index (κ1) is 8.72. The highest BCUT2D eigenvalue weighted by molar-refractivity contribution is 5.86. The van der Waals surface area contributed by atoms with Crippen molar-refractivity contribution in [2.75, 3.05) is 0 Å². The van der Waals surface area contributed by atoms with E-state index in [0.717, 1.165) is 6.34 Å². The molecule has 0 aliphatic rings. The summed E-state index contributed by atoms with van der Waals surface area (Å²) < 4.78 is 0. The average Bonchev–Trinajstić information content (AvgIpc) is 1.99. The Morgan fingerprint density at radius 1 is 1.55 bits per heavy atom. The van der Waals surface area contributed by atoms with Crippen molar-refractivity contribution in [3.05, 3.63) is 0 Å². The van der Waals surface area contributed by atoms with Crippen molar-refractivity contribution in [2.24, 2.45) is 15.7 Å². The van der Waals surface area contributed by atoms with Crippen LogP contribution in [-0.4, -0.2) is 12.3 Å². The molecule has 0 spiro atoms. The summed E-state index contributed by atoms with van der Waals surface area (Å²) in [5.41, 5.74) is 9.36. The van der Waals surface area contributed by atoms with Gasteiger partial charge >= 0.3 is 0 Å². The molecule has 0 heterocycles. The lowest BCUT2D eigenvalue weighted by Crippen LogP contribution is -2.26. The van der Waals surface area contributed by atoms with E-state index in [4.69, 9.17) is 16.3 Å². The van der Waals surface area contributed by atoms with Crippen molar-refractivity contribution >= 4 is 12.3 Å². The zero-order valence-electron chi connectivity index (χ0n) is 5.44. The van der Waals surface area contributed by atoms with Crippen molar-refractivity contribution in [1.82, 2.24) is 10.9 Å². The van der Waals surface area contributed by atoms with Gasteiger partial charge in [-0.15, -0.1) is 4.99 Å². The molecule has 7 nitrogen and oxygen atoms in total. The number of guanidine groups is 1. The standard InChI is InChI=1S/C4H5N7/c5-1-8-4(7)9-3-11-10-2-6/h3,10H,(H3,7,8,9,11). The number of hydrogen-bond donors (Lipinski definition) is 3. The molecule has 56 valence electrons. The van der Waals surface area contributed by atoms with Crippen molar-refractivity contribution in [1.29, 1.82) is 10.5 Å². The molecule has 0 radical (unpaired) electrons. The Bertz CT molecular complexity index is 238. The molecule has 4 N–H and O–H groups in total. The molecule has 0 saturated heterocycles. The quantitative estimate of drug-likeness (QED) is 0.109. The Morgan fingerprint density at radius 2 is 2.27 bits per heavy atom. The van der Waals surface area contributed by atoms with Crippen LogP contribution >= 0.6 is 0 Å². The first-order chi connectivity index (χ1) is 5.31. The largest absolute Gasteiger partial charge is 0.367 e. The topological polar surface area (TPSA) is 122 Å². The summed E-state index contributed by atoms with van der Waals surface area (Å²) >= 11 is 0. The van der Waals surface area contributed by atoms with Gasteiger partial charge in [0.1, 0.15) is 6.34 Å². The average molecular weight is 151 g/mol. The molecule has 7 heteroatoms. The first-order valence-electron chi connectivity index (χ1n) is 2.45. The van der Waals surface area contributed by atoms with Gasteiger partial charge in [0, 0.05) is 0 Å². The van der Waals surface area contributed by atoms with Gasteiger partial charge in [-0.2, -0.15) is 10.5 Å². The molecule has 0 bridgehead atoms. The molecular formula is C4H5N7. The molecule has 0 atom stereocenters. The number of nitriles is 2. The Kier molecular flexibility index (Phi) is 4.64. The fourth-order valence-corrected chi connectivity index (χ4v) is 0.243. The molecule has 0 aromatic heterocycles. The summed E-state index contributed by atoms with van der Waals surface area (Å²) in [4.78, 5) is 6.48. The summed E-state index contributed by atoms with van der Waals surface area (Å²) in [5.74, 6) is -0.181. The van der Waals surface area contributed by atoms with Crippen LogP contribution in [0, 0.1) is 22.9 Å². The lowest BCUT2D eigenvalue weighted by molar-refractivity contribution is 0.851. The minimum atomic E-state index is -0.181. The van der Waals surface area contributed by atoms with E-state index in [1.54, 1.807) is 6.19 Å². The predicted molar refractivity (Wildman–Crippen MR) is 37.6 cm³/mol. The second-order valence-corrected chi connectivity index (χ2v) is 1.21. The van der Waals surface area contributed by atoms with E-state index in [1.165, 1.54) is 6.19 Å². The number of nitrogens with zero attached hydrogens (tertiary/aromatic N) is 4. The zero-order chi connectivity index (χ0) is 8.53. The minimum Gasteiger partial charge on any atom is -0.367 e. The molecule has 0 aliphatic carbocycles. The lowest BCUT2D eigenvalue weighted by atomic mass is 11.0. The number of nitrogens with two attached hydrogens (primary N) is 1. The molecule has 0 aromatic carbocycles. The lowest BCUT2D eigenvalue weighted by Gasteiger charge is -1.90. The monoisotopic (exact) mass is 151 g/mol. The maximum Gasteiger partial charge on any atom is 0.232 e. The van der Waals surface area contributed by atoms with E-state index in [9.17, 15) is 0 Å². The van der Waals surface area contributed by atoms with Gasteiger partial charge in [-0.05, 0) is 0 Å². The van der Waals surface area contributed by atoms with Crippen LogP contribution < -0.4 is 16.6 Å². The third kappa shape index (κ3) is 5.59. The summed E-state index contributed by atoms with van der Waals surface area (Å²) in [6, 6.07) is 0. The van der Waals surface area contributed by atoms with E-state index in [1.807, 2.05) is 0 Å². The number of hydrogen-bond acceptors (Lipinski definition) is 4. The summed E-state index contributed by atoms with van der Waals surface area (Å²) in [7, 11) is 0. The number of nitrogens with one attached hydrogen (secondary N) is 2. The van der Waals surface area contributed by atoms with Crippen molar-refractivity contribution < 1.29 is 0 Å². The van der Waals surface area contributed by atoms with Crippen LogP contribution in [0.1, 0.15) is 0 Å². The van der Waals surface area contributed by atoms with Gasteiger partial charge in [0.15, 0.2) is 6.19 Å². The van der Waals surface area contributed by atoms with Crippen LogP contribution in [0.15, 0.2) is 9.98 Å². The van der Waals surface area contributed by atoms with Crippen LogP contribution in [0.2, 0.25) is 0 Å². The van der Waals surface area contributed by atoms with Gasteiger partial charge in [-0.1, -0.05) is 0 Å². The molecule has 0 aromatic rings. The van der Waals surface area contributed by atoms with Crippen molar-refractivity contribution in [3.63, 3.8) is 0 Å². The Morgan fingerprint density at radius 3 is 2.82 bits per heavy atom. The number of aliphatic imine (C=N–C) groups is 2. The highest BCUT2D eigenvalue weighted by atomic mass is 15.4. The highest BCUT2D eigenvalue weighted by Crippen LogP contribution is 1.66. The molecule has 0 amide bonds. The first-order valence-corrected chi connectivity index (χ1v) is 2.45. The molecule has 0 fully saturated rings. The summed E-state index contributed by atoms with van der Waals surface area (Å²) in [6.45, 7) is 0. The zero-order valence-corrected chi connectivity index (χ0v) is 5.44. The molecular weight excluding hydrogens is 146 g/mol. The third-order valence-corrected chi connectivity index (χ3v) is 0.554. The Hall–Kier alpha value is -2.28. The summed E-state index contributed by atoms with van der Waals surface area (Å²) in [6.07, 6.45) is 4.12. The fourth-order valence-electron chi connectivity index (χ4n) is 0.243. The van der Waals surface area contributed by atoms with Gasteiger partial charge in [0.2, 0.25) is 12.2 Å². The van der Waals surface area contributed by atoms with Gasteiger partial charge in [0.25, 0.3) is 0 Å². The highest BCUT2D eigenvalue weighted by Gasteiger charge is 1.80. The van der Waals surface area contributed by atoms with Crippen LogP contribution in [0.5, 0.6) is 0 Å². The fraction of sp³-hybridized carbons (Fsp3) is 0. The second kappa shape index (κ2) is 5.85. The maximum atomic E-state index is 7.96. The Labute approximate surface area is 62.8 Å². The van der Waals surface area contributed by atoms with Gasteiger partial charge in [0.05, 0.1) is 0 Å². The van der Waals surface area contributed by atoms with Crippen LogP contribution in [-0.2, 0) is 0 Å². The van der Waals surface area contributed by atoms with E-state index in [2.05, 4.69) is 20.8 Å². The van der Waals surface area contributed by atoms with Crippen LogP contribution in [0.25, 0.3) is 0 Å². The van der Waals surface area contributed by atoms with E-state index < -0.39 is 0 Å². The van der Waals surface area contributed by atoms with Crippen LogP contribution in [0.3, 0.4) is 0 Å². The Balaban J connectivity index is 3.69. The number of hydrazine groups is 1. The summed E-state index contributed by atoms with van der Waals surface area (Å²) in [5, 5.41) is 15.9. The normalized spacial score (nSPS) is 10.2. The van der Waals surface area contributed by atoms with Gasteiger partial charge < -0.3 is 5.73 Å². The SMILES string of the molecule is N#CN=C(N)/N=C/NNC#N. The van der Waals surface area contributed by atoms with Crippen molar-refractivity contribution in [2.45, 2.75) is 0 Å². The van der Waals surface area contributed by atoms with E-state index in [-0.39, 0.29) is 5.96 Å².